The molecule has 5 heterocycles. The SMILES string of the molecule is N#Cc1c(-n2c3ccccc3c3ccccc32)c(-n2c3ccccc3c3ccccc32)c(C#N)c(-n2c3cccc(-c4ccccc4-c4ccccc4)c3c3ccc4c5ccccc5oc4c32)c1-n1c2ccccc2c2ccccc21. The molecule has 0 aliphatic heterocycles. The van der Waals surface area contributed by atoms with Gasteiger partial charge in [0.25, 0.3) is 0 Å². The standard InChI is InChI=1S/C74H42N6O/c75-43-58-69(77-60-33-13-6-25-48(60)49-26-7-14-34-61(49)77)70(78-62-35-15-8-27-50(62)51-28-9-16-36-63(51)78)59(44-76)72(71(58)79-64-37-17-10-29-52(64)53-30-11-18-38-65(53)79)80-66-39-20-32-55(47-24-5-4-23-46(47)45-21-2-1-3-22-45)68(66)57-42-41-56-54-31-12-19-40-67(54)81-74(56)73(57)80/h1-42H. The van der Waals surface area contributed by atoms with E-state index in [0.29, 0.717) is 39.5 Å². The van der Waals surface area contributed by atoms with Gasteiger partial charge in [0, 0.05) is 53.9 Å². The predicted octanol–water partition coefficient (Wildman–Crippen LogP) is 19.1. The van der Waals surface area contributed by atoms with Gasteiger partial charge in [0.15, 0.2) is 5.58 Å². The molecule has 81 heavy (non-hydrogen) atoms. The number of para-hydroxylation sites is 7. The molecule has 0 bridgehead atoms. The molecule has 0 amide bonds. The van der Waals surface area contributed by atoms with E-state index < -0.39 is 0 Å². The average Bonchev–Trinajstić information content (AvgIpc) is 3.12. The van der Waals surface area contributed by atoms with Gasteiger partial charge in [-0.3, -0.25) is 0 Å². The minimum atomic E-state index is 0.372. The zero-order chi connectivity index (χ0) is 53.4. The molecule has 12 aromatic carbocycles. The molecular weight excluding hydrogens is 989 g/mol. The highest BCUT2D eigenvalue weighted by Gasteiger charge is 2.35. The minimum absolute atomic E-state index is 0.372. The summed E-state index contributed by atoms with van der Waals surface area (Å²) >= 11 is 0. The number of rotatable bonds is 6. The maximum absolute atomic E-state index is 13.0. The van der Waals surface area contributed by atoms with E-state index in [2.05, 4.69) is 267 Å². The molecule has 0 unspecified atom stereocenters. The summed E-state index contributed by atoms with van der Waals surface area (Å²) < 4.78 is 16.2. The number of benzene rings is 12. The Labute approximate surface area is 463 Å². The maximum Gasteiger partial charge on any atom is 0.160 e. The van der Waals surface area contributed by atoms with Crippen LogP contribution in [0.5, 0.6) is 0 Å². The lowest BCUT2D eigenvalue weighted by Crippen LogP contribution is -2.16. The van der Waals surface area contributed by atoms with Crippen molar-refractivity contribution in [2.24, 2.45) is 0 Å². The molecule has 7 heteroatoms. The van der Waals surface area contributed by atoms with E-state index in [1.165, 1.54) is 0 Å². The number of hydrogen-bond acceptors (Lipinski definition) is 3. The van der Waals surface area contributed by atoms with Crippen molar-refractivity contribution in [3.63, 3.8) is 0 Å². The number of furan rings is 1. The Hall–Kier alpha value is -11.4. The molecule has 0 aliphatic carbocycles. The third-order valence-corrected chi connectivity index (χ3v) is 16.9. The summed E-state index contributed by atoms with van der Waals surface area (Å²) in [5.41, 5.74) is 15.8. The fourth-order valence-corrected chi connectivity index (χ4v) is 13.6. The van der Waals surface area contributed by atoms with E-state index in [1.807, 2.05) is 18.2 Å². The molecule has 374 valence electrons. The van der Waals surface area contributed by atoms with Gasteiger partial charge in [0.2, 0.25) is 0 Å². The second-order valence-electron chi connectivity index (χ2n) is 20.9. The van der Waals surface area contributed by atoms with Gasteiger partial charge in [-0.1, -0.05) is 200 Å². The summed E-state index contributed by atoms with van der Waals surface area (Å²) in [5.74, 6) is 0. The number of nitriles is 2. The fourth-order valence-electron chi connectivity index (χ4n) is 13.6. The van der Waals surface area contributed by atoms with Gasteiger partial charge in [-0.15, -0.1) is 0 Å². The zero-order valence-corrected chi connectivity index (χ0v) is 43.3. The Balaban J connectivity index is 1.18. The third kappa shape index (κ3) is 6.09. The van der Waals surface area contributed by atoms with Crippen LogP contribution in [-0.2, 0) is 0 Å². The highest BCUT2D eigenvalue weighted by atomic mass is 16.3. The molecule has 7 nitrogen and oxygen atoms in total. The van der Waals surface area contributed by atoms with Crippen molar-refractivity contribution in [1.82, 2.24) is 18.3 Å². The van der Waals surface area contributed by atoms with Gasteiger partial charge < -0.3 is 22.7 Å². The summed E-state index contributed by atoms with van der Waals surface area (Å²) in [4.78, 5) is 0. The van der Waals surface area contributed by atoms with E-state index in [9.17, 15) is 10.5 Å². The van der Waals surface area contributed by atoms with Crippen LogP contribution in [0.25, 0.3) is 154 Å². The van der Waals surface area contributed by atoms with Gasteiger partial charge >= 0.3 is 0 Å². The van der Waals surface area contributed by atoms with Gasteiger partial charge in [-0.2, -0.15) is 10.5 Å². The Morgan fingerprint density at radius 2 is 0.630 bits per heavy atom. The molecule has 0 fully saturated rings. The predicted molar refractivity (Wildman–Crippen MR) is 331 cm³/mol. The second-order valence-corrected chi connectivity index (χ2v) is 20.9. The first kappa shape index (κ1) is 44.7. The highest BCUT2D eigenvalue weighted by molar-refractivity contribution is 6.25. The van der Waals surface area contributed by atoms with E-state index >= 15 is 0 Å². The molecule has 0 spiro atoms. The van der Waals surface area contributed by atoms with E-state index in [-0.39, 0.29) is 0 Å². The Kier molecular flexibility index (Phi) is 9.42. The average molecular weight is 1030 g/mol. The van der Waals surface area contributed by atoms with Crippen LogP contribution in [0.1, 0.15) is 11.1 Å². The first-order valence-electron chi connectivity index (χ1n) is 27.2. The number of aromatic nitrogens is 4. The lowest BCUT2D eigenvalue weighted by atomic mass is 9.92. The van der Waals surface area contributed by atoms with Crippen LogP contribution < -0.4 is 0 Å². The van der Waals surface area contributed by atoms with Crippen molar-refractivity contribution in [1.29, 1.82) is 10.5 Å². The molecule has 0 aliphatic rings. The number of hydrogen-bond donors (Lipinski definition) is 0. The smallest absolute Gasteiger partial charge is 0.160 e. The highest BCUT2D eigenvalue weighted by Crippen LogP contribution is 2.51. The number of nitrogens with zero attached hydrogens (tertiary/aromatic N) is 6. The summed E-state index contributed by atoms with van der Waals surface area (Å²) in [5, 5.41) is 35.8. The Morgan fingerprint density at radius 1 is 0.272 bits per heavy atom. The Morgan fingerprint density at radius 3 is 1.10 bits per heavy atom. The quantitative estimate of drug-likeness (QED) is 0.166. The van der Waals surface area contributed by atoms with Crippen molar-refractivity contribution in [3.05, 3.63) is 266 Å². The molecule has 0 N–H and O–H groups in total. The molecule has 0 radical (unpaired) electrons. The molecular formula is C74H42N6O. The monoisotopic (exact) mass is 1030 g/mol. The van der Waals surface area contributed by atoms with Crippen LogP contribution in [0.3, 0.4) is 0 Å². The molecule has 17 rings (SSSR count). The van der Waals surface area contributed by atoms with E-state index in [1.54, 1.807) is 0 Å². The Bertz CT molecular complexity index is 5470. The molecule has 0 saturated heterocycles. The number of fused-ring (bicyclic) bond motifs is 16. The second kappa shape index (κ2) is 17.1. The first-order valence-corrected chi connectivity index (χ1v) is 27.2. The van der Waals surface area contributed by atoms with E-state index in [4.69, 9.17) is 4.42 Å². The normalized spacial score (nSPS) is 11.9. The van der Waals surface area contributed by atoms with Crippen molar-refractivity contribution < 1.29 is 4.42 Å². The zero-order valence-electron chi connectivity index (χ0n) is 43.3. The van der Waals surface area contributed by atoms with Crippen LogP contribution in [0, 0.1) is 22.7 Å². The lowest BCUT2D eigenvalue weighted by molar-refractivity contribution is 0.671. The van der Waals surface area contributed by atoms with Crippen molar-refractivity contribution in [3.8, 4) is 57.1 Å². The van der Waals surface area contributed by atoms with Crippen LogP contribution in [0.4, 0.5) is 0 Å². The van der Waals surface area contributed by atoms with Crippen molar-refractivity contribution >= 4 is 109 Å². The molecule has 0 atom stereocenters. The van der Waals surface area contributed by atoms with E-state index in [0.717, 1.165) is 126 Å². The lowest BCUT2D eigenvalue weighted by Gasteiger charge is -2.27. The van der Waals surface area contributed by atoms with Crippen LogP contribution >= 0.6 is 0 Å². The summed E-state index contributed by atoms with van der Waals surface area (Å²) in [6.07, 6.45) is 0. The van der Waals surface area contributed by atoms with Crippen LogP contribution in [0.15, 0.2) is 259 Å². The maximum atomic E-state index is 13.0. The topological polar surface area (TPSA) is 80.4 Å². The largest absolute Gasteiger partial charge is 0.454 e. The minimum Gasteiger partial charge on any atom is -0.454 e. The molecule has 0 saturated carbocycles. The molecule has 17 aromatic rings. The van der Waals surface area contributed by atoms with Crippen LogP contribution in [0.2, 0.25) is 0 Å². The van der Waals surface area contributed by atoms with Crippen molar-refractivity contribution in [2.75, 3.05) is 0 Å². The summed E-state index contributed by atoms with van der Waals surface area (Å²) in [6.45, 7) is 0. The van der Waals surface area contributed by atoms with Gasteiger partial charge in [0.05, 0.1) is 66.9 Å². The summed E-state index contributed by atoms with van der Waals surface area (Å²) in [6, 6.07) is 94.7. The van der Waals surface area contributed by atoms with Gasteiger partial charge in [-0.05, 0) is 76.9 Å². The van der Waals surface area contributed by atoms with Crippen LogP contribution in [-0.4, -0.2) is 18.3 Å². The first-order chi connectivity index (χ1) is 40.2. The summed E-state index contributed by atoms with van der Waals surface area (Å²) in [7, 11) is 0. The van der Waals surface area contributed by atoms with Gasteiger partial charge in [0.1, 0.15) is 28.8 Å². The third-order valence-electron chi connectivity index (χ3n) is 16.9. The molecule has 5 aromatic heterocycles. The van der Waals surface area contributed by atoms with Crippen molar-refractivity contribution in [2.45, 2.75) is 0 Å². The van der Waals surface area contributed by atoms with Gasteiger partial charge in [-0.25, -0.2) is 0 Å². The fraction of sp³-hybridized carbons (Fsp3) is 0.